The monoisotopic (exact) mass is 274 g/mol. The molecule has 2 unspecified atom stereocenters. The third-order valence-electron chi connectivity index (χ3n) is 3.59. The maximum atomic E-state index is 13.4. The lowest BCUT2D eigenvalue weighted by atomic mass is 10.2. The van der Waals surface area contributed by atoms with Crippen molar-refractivity contribution >= 4 is 18.3 Å². The molecule has 2 aliphatic rings. The van der Waals surface area contributed by atoms with Crippen molar-refractivity contribution in [2.75, 3.05) is 13.1 Å². The van der Waals surface area contributed by atoms with Crippen LogP contribution >= 0.6 is 12.4 Å². The fraction of sp³-hybridized carbons (Fsp3) is 0.417. The minimum absolute atomic E-state index is 0. The largest absolute Gasteiger partial charge is 0.349 e. The molecule has 0 spiro atoms. The van der Waals surface area contributed by atoms with Crippen molar-refractivity contribution in [1.82, 2.24) is 10.6 Å². The summed E-state index contributed by atoms with van der Waals surface area (Å²) in [5.74, 6) is -1.68. The molecule has 98 valence electrons. The Kier molecular flexibility index (Phi) is 3.54. The fourth-order valence-corrected chi connectivity index (χ4v) is 2.54. The van der Waals surface area contributed by atoms with Crippen LogP contribution in [0.4, 0.5) is 8.78 Å². The summed E-state index contributed by atoms with van der Waals surface area (Å²) < 4.78 is 26.3. The zero-order valence-electron chi connectivity index (χ0n) is 9.45. The van der Waals surface area contributed by atoms with Gasteiger partial charge in [-0.05, 0) is 24.0 Å². The number of rotatable bonds is 2. The Morgan fingerprint density at radius 1 is 1.28 bits per heavy atom. The van der Waals surface area contributed by atoms with Gasteiger partial charge in [-0.15, -0.1) is 12.4 Å². The lowest BCUT2D eigenvalue weighted by Crippen LogP contribution is -2.33. The molecule has 3 rings (SSSR count). The number of hydrogen-bond acceptors (Lipinski definition) is 2. The van der Waals surface area contributed by atoms with Gasteiger partial charge < -0.3 is 10.6 Å². The van der Waals surface area contributed by atoms with Gasteiger partial charge in [0.05, 0.1) is 5.56 Å². The average molecular weight is 275 g/mol. The molecule has 1 aromatic carbocycles. The summed E-state index contributed by atoms with van der Waals surface area (Å²) in [5, 5.41) is 5.95. The topological polar surface area (TPSA) is 41.1 Å². The summed E-state index contributed by atoms with van der Waals surface area (Å²) in [6, 6.07) is 3.75. The molecule has 1 aliphatic carbocycles. The molecular weight excluding hydrogens is 262 g/mol. The number of carbonyl (C=O) groups is 1. The third kappa shape index (κ3) is 2.08. The standard InChI is InChI=1S/C12H12F2N2O.ClH/c13-9-3-1-2-6(10(9)14)12(17)16-11-7-4-15-5-8(7)11;/h1-3,7-8,11,15H,4-5H2,(H,16,17);1H. The molecule has 6 heteroatoms. The Labute approximate surface area is 109 Å². The molecule has 1 amide bonds. The molecule has 18 heavy (non-hydrogen) atoms. The molecule has 2 N–H and O–H groups in total. The minimum atomic E-state index is -1.08. The van der Waals surface area contributed by atoms with E-state index in [0.29, 0.717) is 11.8 Å². The normalized spacial score (nSPS) is 28.2. The summed E-state index contributed by atoms with van der Waals surface area (Å²) >= 11 is 0. The zero-order valence-corrected chi connectivity index (χ0v) is 10.3. The molecule has 2 atom stereocenters. The molecular formula is C12H13ClF2N2O. The van der Waals surface area contributed by atoms with Crippen molar-refractivity contribution in [2.24, 2.45) is 11.8 Å². The lowest BCUT2D eigenvalue weighted by Gasteiger charge is -2.08. The third-order valence-corrected chi connectivity index (χ3v) is 3.59. The number of nitrogens with one attached hydrogen (secondary N) is 2. The molecule has 1 aromatic rings. The highest BCUT2D eigenvalue weighted by molar-refractivity contribution is 5.95. The smallest absolute Gasteiger partial charge is 0.254 e. The summed E-state index contributed by atoms with van der Waals surface area (Å²) in [5.41, 5.74) is -0.220. The highest BCUT2D eigenvalue weighted by atomic mass is 35.5. The number of carbonyl (C=O) groups excluding carboxylic acids is 1. The van der Waals surface area contributed by atoms with Crippen molar-refractivity contribution in [3.8, 4) is 0 Å². The highest BCUT2D eigenvalue weighted by Gasteiger charge is 2.53. The van der Waals surface area contributed by atoms with E-state index in [9.17, 15) is 13.6 Å². The molecule has 1 aliphatic heterocycles. The van der Waals surface area contributed by atoms with Crippen LogP contribution in [0, 0.1) is 23.5 Å². The first-order valence-corrected chi connectivity index (χ1v) is 5.64. The van der Waals surface area contributed by atoms with Crippen LogP contribution in [0.25, 0.3) is 0 Å². The Bertz CT molecular complexity index is 473. The first kappa shape index (κ1) is 13.2. The van der Waals surface area contributed by atoms with Crippen LogP contribution in [0.1, 0.15) is 10.4 Å². The van der Waals surface area contributed by atoms with E-state index in [1.165, 1.54) is 12.1 Å². The van der Waals surface area contributed by atoms with Crippen molar-refractivity contribution in [1.29, 1.82) is 0 Å². The maximum absolute atomic E-state index is 13.4. The summed E-state index contributed by atoms with van der Waals surface area (Å²) in [7, 11) is 0. The first-order chi connectivity index (χ1) is 8.18. The fourth-order valence-electron chi connectivity index (χ4n) is 2.54. The van der Waals surface area contributed by atoms with Crippen LogP contribution < -0.4 is 10.6 Å². The number of piperidine rings is 1. The van der Waals surface area contributed by atoms with Crippen LogP contribution in [-0.2, 0) is 0 Å². The number of benzene rings is 1. The van der Waals surface area contributed by atoms with Gasteiger partial charge in [0, 0.05) is 19.1 Å². The van der Waals surface area contributed by atoms with Crippen molar-refractivity contribution < 1.29 is 13.6 Å². The Balaban J connectivity index is 0.00000120. The molecule has 0 radical (unpaired) electrons. The van der Waals surface area contributed by atoms with E-state index >= 15 is 0 Å². The highest BCUT2D eigenvalue weighted by Crippen LogP contribution is 2.41. The summed E-state index contributed by atoms with van der Waals surface area (Å²) in [6.45, 7) is 1.78. The van der Waals surface area contributed by atoms with Gasteiger partial charge in [0.2, 0.25) is 0 Å². The van der Waals surface area contributed by atoms with Gasteiger partial charge in [0.25, 0.3) is 5.91 Å². The van der Waals surface area contributed by atoms with Gasteiger partial charge in [0.1, 0.15) is 0 Å². The van der Waals surface area contributed by atoms with Crippen molar-refractivity contribution in [3.05, 3.63) is 35.4 Å². The van der Waals surface area contributed by atoms with E-state index in [1.54, 1.807) is 0 Å². The van der Waals surface area contributed by atoms with E-state index in [-0.39, 0.29) is 24.0 Å². The van der Waals surface area contributed by atoms with Crippen LogP contribution in [0.5, 0.6) is 0 Å². The number of hydrogen-bond donors (Lipinski definition) is 2. The van der Waals surface area contributed by atoms with E-state index in [1.807, 2.05) is 0 Å². The predicted molar refractivity (Wildman–Crippen MR) is 64.7 cm³/mol. The van der Waals surface area contributed by atoms with Crippen LogP contribution in [-0.4, -0.2) is 25.0 Å². The molecule has 2 fully saturated rings. The number of halogens is 3. The molecule has 1 saturated carbocycles. The Morgan fingerprint density at radius 3 is 2.61 bits per heavy atom. The van der Waals surface area contributed by atoms with Crippen LogP contribution in [0.15, 0.2) is 18.2 Å². The number of amides is 1. The zero-order chi connectivity index (χ0) is 12.0. The predicted octanol–water partition coefficient (Wildman–Crippen LogP) is 1.33. The van der Waals surface area contributed by atoms with Crippen molar-refractivity contribution in [2.45, 2.75) is 6.04 Å². The minimum Gasteiger partial charge on any atom is -0.349 e. The van der Waals surface area contributed by atoms with E-state index in [4.69, 9.17) is 0 Å². The first-order valence-electron chi connectivity index (χ1n) is 5.64. The van der Waals surface area contributed by atoms with Crippen molar-refractivity contribution in [3.63, 3.8) is 0 Å². The van der Waals surface area contributed by atoms with Crippen LogP contribution in [0.2, 0.25) is 0 Å². The molecule has 3 nitrogen and oxygen atoms in total. The second-order valence-corrected chi connectivity index (χ2v) is 4.59. The average Bonchev–Trinajstić information content (AvgIpc) is 2.76. The summed E-state index contributed by atoms with van der Waals surface area (Å²) in [4.78, 5) is 11.8. The number of fused-ring (bicyclic) bond motifs is 1. The second-order valence-electron chi connectivity index (χ2n) is 4.59. The van der Waals surface area contributed by atoms with Gasteiger partial charge in [-0.1, -0.05) is 6.07 Å². The SMILES string of the molecule is Cl.O=C(NC1C2CNCC21)c1cccc(F)c1F. The second kappa shape index (κ2) is 4.82. The Hall–Kier alpha value is -1.20. The van der Waals surface area contributed by atoms with Gasteiger partial charge in [0.15, 0.2) is 11.6 Å². The van der Waals surface area contributed by atoms with Gasteiger partial charge >= 0.3 is 0 Å². The molecule has 0 bridgehead atoms. The van der Waals surface area contributed by atoms with E-state index in [0.717, 1.165) is 19.2 Å². The summed E-state index contributed by atoms with van der Waals surface area (Å²) in [6.07, 6.45) is 0. The maximum Gasteiger partial charge on any atom is 0.254 e. The lowest BCUT2D eigenvalue weighted by molar-refractivity contribution is 0.0941. The van der Waals surface area contributed by atoms with Gasteiger partial charge in [-0.3, -0.25) is 4.79 Å². The van der Waals surface area contributed by atoms with E-state index in [2.05, 4.69) is 10.6 Å². The molecule has 1 heterocycles. The molecule has 1 saturated heterocycles. The van der Waals surface area contributed by atoms with Gasteiger partial charge in [-0.2, -0.15) is 0 Å². The quantitative estimate of drug-likeness (QED) is 0.854. The van der Waals surface area contributed by atoms with Gasteiger partial charge in [-0.25, -0.2) is 8.78 Å². The van der Waals surface area contributed by atoms with E-state index < -0.39 is 17.5 Å². The Morgan fingerprint density at radius 2 is 1.94 bits per heavy atom. The molecule has 0 aromatic heterocycles. The van der Waals surface area contributed by atoms with Crippen LogP contribution in [0.3, 0.4) is 0 Å².